The van der Waals surface area contributed by atoms with Gasteiger partial charge in [0.25, 0.3) is 0 Å². The summed E-state index contributed by atoms with van der Waals surface area (Å²) < 4.78 is 1.74. The first-order chi connectivity index (χ1) is 14.0. The predicted molar refractivity (Wildman–Crippen MR) is 116 cm³/mol. The number of aliphatic imine (C=N–C) groups is 1. The third-order valence-corrected chi connectivity index (χ3v) is 4.73. The third-order valence-electron chi connectivity index (χ3n) is 4.47. The van der Waals surface area contributed by atoms with E-state index < -0.39 is 0 Å². The number of rotatable bonds is 6. The van der Waals surface area contributed by atoms with Crippen molar-refractivity contribution in [1.82, 2.24) is 25.0 Å². The first-order valence-corrected chi connectivity index (χ1v) is 9.85. The van der Waals surface area contributed by atoms with Crippen molar-refractivity contribution in [3.8, 4) is 5.69 Å². The van der Waals surface area contributed by atoms with Gasteiger partial charge in [-0.15, -0.1) is 5.10 Å². The highest BCUT2D eigenvalue weighted by molar-refractivity contribution is 6.30. The number of hydrogen-bond donors (Lipinski definition) is 2. The summed E-state index contributed by atoms with van der Waals surface area (Å²) in [6, 6.07) is 13.5. The van der Waals surface area contributed by atoms with Crippen molar-refractivity contribution in [2.24, 2.45) is 10.7 Å². The van der Waals surface area contributed by atoms with Crippen LogP contribution < -0.4 is 5.73 Å². The number of amidine groups is 1. The summed E-state index contributed by atoms with van der Waals surface area (Å²) >= 11 is 5.94. The van der Waals surface area contributed by atoms with Crippen molar-refractivity contribution in [1.29, 1.82) is 0 Å². The maximum atomic E-state index is 6.08. The maximum Gasteiger partial charge on any atom is 0.125 e. The van der Waals surface area contributed by atoms with Crippen LogP contribution in [0.3, 0.4) is 0 Å². The molecule has 8 heteroatoms. The van der Waals surface area contributed by atoms with E-state index in [4.69, 9.17) is 17.3 Å². The van der Waals surface area contributed by atoms with Gasteiger partial charge in [-0.05, 0) is 56.3 Å². The number of nitrogens with zero attached hydrogens (tertiary/aromatic N) is 5. The van der Waals surface area contributed by atoms with Gasteiger partial charge in [-0.1, -0.05) is 16.8 Å². The van der Waals surface area contributed by atoms with Crippen molar-refractivity contribution >= 4 is 28.5 Å². The average Bonchev–Trinajstić information content (AvgIpc) is 3.32. The monoisotopic (exact) mass is 407 g/mol. The fourth-order valence-corrected chi connectivity index (χ4v) is 3.20. The van der Waals surface area contributed by atoms with Gasteiger partial charge in [0, 0.05) is 29.5 Å². The van der Waals surface area contributed by atoms with Crippen LogP contribution in [0.25, 0.3) is 16.7 Å². The van der Waals surface area contributed by atoms with E-state index in [1.165, 1.54) is 0 Å². The Balaban J connectivity index is 1.47. The van der Waals surface area contributed by atoms with Crippen LogP contribution in [0.5, 0.6) is 0 Å². The number of fused-ring (bicyclic) bond motifs is 1. The van der Waals surface area contributed by atoms with E-state index in [0.717, 1.165) is 46.6 Å². The van der Waals surface area contributed by atoms with Crippen LogP contribution in [0, 0.1) is 0 Å². The molecule has 0 radical (unpaired) electrons. The zero-order valence-electron chi connectivity index (χ0n) is 16.3. The second-order valence-corrected chi connectivity index (χ2v) is 7.59. The highest BCUT2D eigenvalue weighted by Crippen LogP contribution is 2.16. The number of aromatic amines is 1. The smallest absolute Gasteiger partial charge is 0.125 e. The zero-order valence-corrected chi connectivity index (χ0v) is 17.1. The maximum absolute atomic E-state index is 6.08. The second-order valence-electron chi connectivity index (χ2n) is 7.15. The molecule has 0 aliphatic rings. The number of hydrogen-bond acceptors (Lipinski definition) is 4. The Morgan fingerprint density at radius 2 is 1.97 bits per heavy atom. The number of aromatic nitrogens is 5. The predicted octanol–water partition coefficient (Wildman–Crippen LogP) is 3.70. The van der Waals surface area contributed by atoms with Crippen LogP contribution in [-0.4, -0.2) is 36.8 Å². The molecule has 4 aromatic rings. The zero-order chi connectivity index (χ0) is 20.4. The summed E-state index contributed by atoms with van der Waals surface area (Å²) in [6.45, 7) is 4.01. The second kappa shape index (κ2) is 8.05. The van der Waals surface area contributed by atoms with E-state index in [1.54, 1.807) is 4.68 Å². The number of H-pyrrole nitrogens is 1. The van der Waals surface area contributed by atoms with Gasteiger partial charge in [0.1, 0.15) is 11.7 Å². The van der Waals surface area contributed by atoms with E-state index in [-0.39, 0.29) is 6.04 Å². The Kier molecular flexibility index (Phi) is 5.31. The lowest BCUT2D eigenvalue weighted by molar-refractivity contribution is 0.790. The number of halogens is 1. The first kappa shape index (κ1) is 19.1. The summed E-state index contributed by atoms with van der Waals surface area (Å²) in [4.78, 5) is 12.4. The lowest BCUT2D eigenvalue weighted by Crippen LogP contribution is -2.15. The summed E-state index contributed by atoms with van der Waals surface area (Å²) in [7, 11) is 0. The van der Waals surface area contributed by atoms with Gasteiger partial charge < -0.3 is 10.7 Å². The molecule has 2 heterocycles. The highest BCUT2D eigenvalue weighted by Gasteiger charge is 2.08. The lowest BCUT2D eigenvalue weighted by Gasteiger charge is -2.03. The van der Waals surface area contributed by atoms with Gasteiger partial charge in [-0.3, -0.25) is 4.99 Å². The molecular formula is C21H22ClN7. The standard InChI is InChI=1S/C21H22ClN7/c1-13(2)24-21(23)14-3-9-18-19(11-14)26-20(25-18)10-6-16-12-29(28-27-16)17-7-4-15(22)5-8-17/h3-5,7-9,11-13H,6,10H2,1-2H3,(H2,23,24)(H,25,26). The Hall–Kier alpha value is -3.19. The van der Waals surface area contributed by atoms with Crippen LogP contribution in [0.2, 0.25) is 5.02 Å². The molecule has 0 unspecified atom stereocenters. The van der Waals surface area contributed by atoms with E-state index in [0.29, 0.717) is 10.9 Å². The molecule has 0 aliphatic carbocycles. The van der Waals surface area contributed by atoms with Gasteiger partial charge in [0.15, 0.2) is 0 Å². The lowest BCUT2D eigenvalue weighted by atomic mass is 10.2. The molecule has 0 aliphatic heterocycles. The number of nitrogens with one attached hydrogen (secondary N) is 1. The molecule has 0 fully saturated rings. The van der Waals surface area contributed by atoms with Crippen molar-refractivity contribution in [3.05, 3.63) is 70.8 Å². The largest absolute Gasteiger partial charge is 0.383 e. The van der Waals surface area contributed by atoms with Crippen LogP contribution in [0.4, 0.5) is 0 Å². The molecule has 7 nitrogen and oxygen atoms in total. The summed E-state index contributed by atoms with van der Waals surface area (Å²) in [5.74, 6) is 1.44. The summed E-state index contributed by atoms with van der Waals surface area (Å²) in [5.41, 5.74) is 10.6. The summed E-state index contributed by atoms with van der Waals surface area (Å²) in [6.07, 6.45) is 3.39. The third kappa shape index (κ3) is 4.46. The van der Waals surface area contributed by atoms with Crippen molar-refractivity contribution in [2.45, 2.75) is 32.7 Å². The SMILES string of the molecule is CC(C)N=C(N)c1ccc2nc(CCc3cn(-c4ccc(Cl)cc4)nn3)[nH]c2c1. The van der Waals surface area contributed by atoms with E-state index in [2.05, 4.69) is 25.3 Å². The highest BCUT2D eigenvalue weighted by atomic mass is 35.5. The van der Waals surface area contributed by atoms with Crippen LogP contribution >= 0.6 is 11.6 Å². The molecule has 2 aromatic heterocycles. The molecule has 148 valence electrons. The van der Waals surface area contributed by atoms with Crippen LogP contribution in [0.1, 0.15) is 30.9 Å². The number of benzene rings is 2. The fraction of sp³-hybridized carbons (Fsp3) is 0.238. The molecule has 4 rings (SSSR count). The minimum atomic E-state index is 0.157. The Morgan fingerprint density at radius 1 is 1.17 bits per heavy atom. The Labute approximate surface area is 173 Å². The Morgan fingerprint density at radius 3 is 2.72 bits per heavy atom. The van der Waals surface area contributed by atoms with E-state index >= 15 is 0 Å². The van der Waals surface area contributed by atoms with E-state index in [9.17, 15) is 0 Å². The number of imidazole rings is 1. The van der Waals surface area contributed by atoms with Gasteiger partial charge >= 0.3 is 0 Å². The average molecular weight is 408 g/mol. The van der Waals surface area contributed by atoms with Crippen molar-refractivity contribution in [3.63, 3.8) is 0 Å². The molecule has 0 amide bonds. The van der Waals surface area contributed by atoms with Crippen LogP contribution in [-0.2, 0) is 12.8 Å². The van der Waals surface area contributed by atoms with Crippen LogP contribution in [0.15, 0.2) is 53.7 Å². The van der Waals surface area contributed by atoms with E-state index in [1.807, 2.05) is 62.5 Å². The minimum absolute atomic E-state index is 0.157. The van der Waals surface area contributed by atoms with Crippen molar-refractivity contribution < 1.29 is 0 Å². The number of nitrogens with two attached hydrogens (primary N) is 1. The summed E-state index contributed by atoms with van der Waals surface area (Å²) in [5, 5.41) is 9.14. The van der Waals surface area contributed by atoms with Gasteiger partial charge in [-0.2, -0.15) is 0 Å². The first-order valence-electron chi connectivity index (χ1n) is 9.47. The Bertz CT molecular complexity index is 1160. The molecule has 0 saturated heterocycles. The topological polar surface area (TPSA) is 97.8 Å². The van der Waals surface area contributed by atoms with Gasteiger partial charge in [0.2, 0.25) is 0 Å². The normalized spacial score (nSPS) is 12.2. The molecule has 2 aromatic carbocycles. The molecule has 0 atom stereocenters. The fourth-order valence-electron chi connectivity index (χ4n) is 3.07. The molecule has 29 heavy (non-hydrogen) atoms. The molecular weight excluding hydrogens is 386 g/mol. The minimum Gasteiger partial charge on any atom is -0.383 e. The van der Waals surface area contributed by atoms with Gasteiger partial charge in [-0.25, -0.2) is 9.67 Å². The molecule has 3 N–H and O–H groups in total. The molecule has 0 saturated carbocycles. The molecule has 0 spiro atoms. The van der Waals surface area contributed by atoms with Crippen molar-refractivity contribution in [2.75, 3.05) is 0 Å². The number of aryl methyl sites for hydroxylation is 2. The quantitative estimate of drug-likeness (QED) is 0.376. The molecule has 0 bridgehead atoms. The van der Waals surface area contributed by atoms with Gasteiger partial charge in [0.05, 0.1) is 28.6 Å².